The minimum atomic E-state index is -0.0241. The summed E-state index contributed by atoms with van der Waals surface area (Å²) in [5.74, 6) is 0.651. The van der Waals surface area contributed by atoms with Gasteiger partial charge in [0, 0.05) is 37.6 Å². The van der Waals surface area contributed by atoms with Gasteiger partial charge >= 0.3 is 5.69 Å². The summed E-state index contributed by atoms with van der Waals surface area (Å²) in [6, 6.07) is 19.0. The number of aromatic nitrogens is 2. The number of hydrogen-bond acceptors (Lipinski definition) is 4. The molecule has 4 aromatic rings. The lowest BCUT2D eigenvalue weighted by Crippen LogP contribution is -2.45. The van der Waals surface area contributed by atoms with Crippen LogP contribution < -0.4 is 11.0 Å². The summed E-state index contributed by atoms with van der Waals surface area (Å²) >= 11 is 1.68. The van der Waals surface area contributed by atoms with Crippen molar-refractivity contribution < 1.29 is 4.79 Å². The van der Waals surface area contributed by atoms with Crippen molar-refractivity contribution in [2.75, 3.05) is 19.6 Å². The van der Waals surface area contributed by atoms with Crippen molar-refractivity contribution in [2.45, 2.75) is 44.2 Å². The van der Waals surface area contributed by atoms with Crippen LogP contribution in [0.25, 0.3) is 22.2 Å². The van der Waals surface area contributed by atoms with Gasteiger partial charge in [0.15, 0.2) is 0 Å². The maximum absolute atomic E-state index is 12.9. The number of piperidine rings is 1. The molecule has 0 radical (unpaired) electrons. The van der Waals surface area contributed by atoms with E-state index >= 15 is 0 Å². The van der Waals surface area contributed by atoms with Gasteiger partial charge in [-0.05, 0) is 77.8 Å². The smallest absolute Gasteiger partial charge is 0.326 e. The third kappa shape index (κ3) is 4.65. The van der Waals surface area contributed by atoms with Gasteiger partial charge < -0.3 is 15.2 Å². The zero-order valence-electron chi connectivity index (χ0n) is 20.5. The highest BCUT2D eigenvalue weighted by molar-refractivity contribution is 7.08. The Morgan fingerprint density at radius 2 is 1.92 bits per heavy atom. The second kappa shape index (κ2) is 9.71. The largest absolute Gasteiger partial charge is 0.352 e. The van der Waals surface area contributed by atoms with Gasteiger partial charge in [0.2, 0.25) is 5.91 Å². The van der Waals surface area contributed by atoms with Gasteiger partial charge in [-0.2, -0.15) is 11.3 Å². The number of benzene rings is 2. The quantitative estimate of drug-likeness (QED) is 0.375. The SMILES string of the molecule is C[C@@H](CN1CCC(n2c(=O)[nH]c3cc(-c4ccsc4)ccc32)CC1)NC(=O)[C@H]1C[C@@H]1c1ccccc1. The molecule has 2 fully saturated rings. The molecule has 1 amide bonds. The van der Waals surface area contributed by atoms with Gasteiger partial charge in [0.1, 0.15) is 0 Å². The Morgan fingerprint density at radius 3 is 2.67 bits per heavy atom. The first kappa shape index (κ1) is 23.3. The van der Waals surface area contributed by atoms with Crippen LogP contribution in [0.3, 0.4) is 0 Å². The van der Waals surface area contributed by atoms with Crippen LogP contribution in [-0.2, 0) is 4.79 Å². The fourth-order valence-corrected chi connectivity index (χ4v) is 6.46. The molecule has 1 aliphatic heterocycles. The number of aromatic amines is 1. The molecule has 2 N–H and O–H groups in total. The number of carbonyl (C=O) groups excluding carboxylic acids is 1. The molecule has 7 heteroatoms. The summed E-state index contributed by atoms with van der Waals surface area (Å²) in [4.78, 5) is 31.1. The van der Waals surface area contributed by atoms with E-state index in [0.717, 1.165) is 55.5 Å². The molecule has 0 bridgehead atoms. The molecule has 3 heterocycles. The highest BCUT2D eigenvalue weighted by Crippen LogP contribution is 2.47. The summed E-state index contributed by atoms with van der Waals surface area (Å²) in [6.45, 7) is 4.78. The van der Waals surface area contributed by atoms with Crippen LogP contribution in [0.15, 0.2) is 70.2 Å². The van der Waals surface area contributed by atoms with Crippen molar-refractivity contribution in [3.05, 3.63) is 81.4 Å². The molecule has 2 aliphatic rings. The van der Waals surface area contributed by atoms with Gasteiger partial charge in [-0.1, -0.05) is 36.4 Å². The molecule has 3 atom stereocenters. The van der Waals surface area contributed by atoms with Gasteiger partial charge in [0.05, 0.1) is 11.0 Å². The van der Waals surface area contributed by atoms with Crippen LogP contribution in [-0.4, -0.2) is 46.0 Å². The Labute approximate surface area is 215 Å². The van der Waals surface area contributed by atoms with Gasteiger partial charge in [-0.3, -0.25) is 9.36 Å². The van der Waals surface area contributed by atoms with Gasteiger partial charge in [-0.25, -0.2) is 4.79 Å². The molecule has 6 nitrogen and oxygen atoms in total. The number of rotatable bonds is 7. The number of imidazole rings is 1. The Hall–Kier alpha value is -3.16. The van der Waals surface area contributed by atoms with Gasteiger partial charge in [-0.15, -0.1) is 0 Å². The van der Waals surface area contributed by atoms with Crippen LogP contribution in [0, 0.1) is 5.92 Å². The van der Waals surface area contributed by atoms with Crippen molar-refractivity contribution in [2.24, 2.45) is 5.92 Å². The summed E-state index contributed by atoms with van der Waals surface area (Å²) in [7, 11) is 0. The minimum Gasteiger partial charge on any atom is -0.352 e. The lowest BCUT2D eigenvalue weighted by Gasteiger charge is -2.34. The lowest BCUT2D eigenvalue weighted by atomic mass is 10.0. The molecule has 1 saturated carbocycles. The molecule has 2 aromatic carbocycles. The fourth-order valence-electron chi connectivity index (χ4n) is 5.80. The van der Waals surface area contributed by atoms with Crippen molar-refractivity contribution in [3.8, 4) is 11.1 Å². The molecule has 6 rings (SSSR count). The zero-order valence-corrected chi connectivity index (χ0v) is 21.3. The lowest BCUT2D eigenvalue weighted by molar-refractivity contribution is -0.123. The second-order valence-electron chi connectivity index (χ2n) is 10.3. The summed E-state index contributed by atoms with van der Waals surface area (Å²) in [5.41, 5.74) is 5.44. The van der Waals surface area contributed by atoms with Gasteiger partial charge in [0.25, 0.3) is 0 Å². The first-order valence-electron chi connectivity index (χ1n) is 12.9. The minimum absolute atomic E-state index is 0.0241. The van der Waals surface area contributed by atoms with Crippen LogP contribution in [0.4, 0.5) is 0 Å². The molecule has 0 unspecified atom stereocenters. The Balaban J connectivity index is 1.03. The second-order valence-corrected chi connectivity index (χ2v) is 11.1. The average Bonchev–Trinajstić information content (AvgIpc) is 3.36. The number of H-pyrrole nitrogens is 1. The third-order valence-corrected chi connectivity index (χ3v) is 8.45. The standard InChI is InChI=1S/C29H32N4O2S/c1-19(30-28(34)25-16-24(25)20-5-3-2-4-6-20)17-32-12-9-23(10-13-32)33-27-8-7-21(22-11-14-36-18-22)15-26(27)31-29(33)35/h2-8,11,14-15,18-19,23-25H,9-10,12-13,16-17H2,1H3,(H,30,34)(H,31,35)/t19-,24+,25-/m0/s1. The molecular weight excluding hydrogens is 468 g/mol. The summed E-state index contributed by atoms with van der Waals surface area (Å²) in [5, 5.41) is 7.43. The molecule has 1 aliphatic carbocycles. The van der Waals surface area contributed by atoms with E-state index < -0.39 is 0 Å². The number of nitrogens with zero attached hydrogens (tertiary/aromatic N) is 2. The Bertz CT molecular complexity index is 1400. The van der Waals surface area contributed by atoms with E-state index in [-0.39, 0.29) is 29.6 Å². The molecule has 186 valence electrons. The molecule has 0 spiro atoms. The Kier molecular flexibility index (Phi) is 6.27. The van der Waals surface area contributed by atoms with Crippen LogP contribution >= 0.6 is 11.3 Å². The van der Waals surface area contributed by atoms with Crippen LogP contribution in [0.2, 0.25) is 0 Å². The maximum Gasteiger partial charge on any atom is 0.326 e. The molecule has 2 aromatic heterocycles. The number of likely N-dealkylation sites (tertiary alicyclic amines) is 1. The summed E-state index contributed by atoms with van der Waals surface area (Å²) < 4.78 is 1.95. The monoisotopic (exact) mass is 500 g/mol. The maximum atomic E-state index is 12.9. The van der Waals surface area contributed by atoms with Crippen molar-refractivity contribution >= 4 is 28.3 Å². The van der Waals surface area contributed by atoms with E-state index in [0.29, 0.717) is 5.92 Å². The molecular formula is C29H32N4O2S. The van der Waals surface area contributed by atoms with Crippen molar-refractivity contribution in [1.82, 2.24) is 19.8 Å². The highest BCUT2D eigenvalue weighted by Gasteiger charge is 2.44. The van der Waals surface area contributed by atoms with Crippen LogP contribution in [0.5, 0.6) is 0 Å². The third-order valence-electron chi connectivity index (χ3n) is 7.77. The van der Waals surface area contributed by atoms with E-state index in [9.17, 15) is 9.59 Å². The van der Waals surface area contributed by atoms with E-state index in [1.807, 2.05) is 22.8 Å². The average molecular weight is 501 g/mol. The number of carbonyl (C=O) groups is 1. The molecule has 36 heavy (non-hydrogen) atoms. The van der Waals surface area contributed by atoms with Crippen molar-refractivity contribution in [1.29, 1.82) is 0 Å². The topological polar surface area (TPSA) is 70.1 Å². The number of hydrogen-bond donors (Lipinski definition) is 2. The predicted molar refractivity (Wildman–Crippen MR) is 145 cm³/mol. The number of fused-ring (bicyclic) bond motifs is 1. The summed E-state index contributed by atoms with van der Waals surface area (Å²) in [6.07, 6.45) is 2.80. The predicted octanol–water partition coefficient (Wildman–Crippen LogP) is 5.00. The number of thiophene rings is 1. The van der Waals surface area contributed by atoms with E-state index in [4.69, 9.17) is 0 Å². The number of amides is 1. The first-order chi connectivity index (χ1) is 17.6. The Morgan fingerprint density at radius 1 is 1.11 bits per heavy atom. The van der Waals surface area contributed by atoms with E-state index in [1.54, 1.807) is 11.3 Å². The fraction of sp³-hybridized carbons (Fsp3) is 0.379. The first-order valence-corrected chi connectivity index (χ1v) is 13.9. The van der Waals surface area contributed by atoms with Crippen LogP contribution in [0.1, 0.15) is 43.7 Å². The highest BCUT2D eigenvalue weighted by atomic mass is 32.1. The normalized spacial score (nSPS) is 21.5. The van der Waals surface area contributed by atoms with Crippen molar-refractivity contribution in [3.63, 3.8) is 0 Å². The molecule has 1 saturated heterocycles. The van der Waals surface area contributed by atoms with E-state index in [1.165, 1.54) is 11.1 Å². The zero-order chi connectivity index (χ0) is 24.6. The number of nitrogens with one attached hydrogen (secondary N) is 2. The van der Waals surface area contributed by atoms with E-state index in [2.05, 4.69) is 69.3 Å².